The van der Waals surface area contributed by atoms with E-state index in [1.165, 1.54) is 25.8 Å². The number of nitrogens with zero attached hydrogens (tertiary/aromatic N) is 2. The van der Waals surface area contributed by atoms with Crippen LogP contribution in [0.4, 0.5) is 24.5 Å². The highest BCUT2D eigenvalue weighted by Gasteiger charge is 2.41. The van der Waals surface area contributed by atoms with Crippen molar-refractivity contribution in [2.24, 2.45) is 16.8 Å². The molecule has 0 bridgehead atoms. The number of hydrogen-bond donors (Lipinski definition) is 2. The highest BCUT2D eigenvalue weighted by molar-refractivity contribution is 6.04. The molecule has 0 radical (unpaired) electrons. The third-order valence-corrected chi connectivity index (χ3v) is 8.34. The summed E-state index contributed by atoms with van der Waals surface area (Å²) in [5.41, 5.74) is 3.78. The van der Waals surface area contributed by atoms with E-state index in [0.29, 0.717) is 23.8 Å². The van der Waals surface area contributed by atoms with Gasteiger partial charge in [0, 0.05) is 17.0 Å². The second-order valence-corrected chi connectivity index (χ2v) is 12.2. The Bertz CT molecular complexity index is 1820. The van der Waals surface area contributed by atoms with Crippen LogP contribution in [0.3, 0.4) is 0 Å². The predicted octanol–water partition coefficient (Wildman–Crippen LogP) is 9.47. The van der Waals surface area contributed by atoms with Crippen molar-refractivity contribution in [3.8, 4) is 11.8 Å². The molecule has 5 rings (SSSR count). The lowest BCUT2D eigenvalue weighted by Gasteiger charge is -2.21. The molecule has 0 heterocycles. The van der Waals surface area contributed by atoms with Crippen LogP contribution < -0.4 is 15.4 Å². The molecule has 1 aliphatic carbocycles. The van der Waals surface area contributed by atoms with Crippen LogP contribution in [-0.4, -0.2) is 24.3 Å². The van der Waals surface area contributed by atoms with Crippen molar-refractivity contribution in [3.63, 3.8) is 0 Å². The Morgan fingerprint density at radius 1 is 0.980 bits per heavy atom. The number of hydrogen-bond acceptors (Lipinski definition) is 5. The van der Waals surface area contributed by atoms with Crippen molar-refractivity contribution in [2.75, 3.05) is 11.9 Å². The largest absolute Gasteiger partial charge is 0.489 e. The van der Waals surface area contributed by atoms with Gasteiger partial charge in [0.1, 0.15) is 18.3 Å². The van der Waals surface area contributed by atoms with E-state index >= 15 is 0 Å². The molecule has 1 amide bonds. The number of aliphatic imine (C=N–C) groups is 1. The number of carbonyl (C=O) groups is 1. The van der Waals surface area contributed by atoms with Gasteiger partial charge in [-0.3, -0.25) is 9.79 Å². The standard InChI is InChI=1S/C40H39F3N4O2/c1-3-37(46-33-13-7-11-30(22-33)24-44)36(40(41,42)43)21-27(2)39(48)47-34-14-8-12-32(23-34)38(45-25-28-15-16-28)31-17-19-35(20-18-31)49-26-29-9-5-4-6-10-29/h4-14,17-23,28,36,38,45H,3,15-16,25-26H2,1-2H3,(H,47,48)/b27-21+,46-37?. The van der Waals surface area contributed by atoms with Crippen LogP contribution in [0, 0.1) is 23.2 Å². The number of halogens is 3. The zero-order valence-electron chi connectivity index (χ0n) is 27.5. The number of ether oxygens (including phenoxy) is 1. The summed E-state index contributed by atoms with van der Waals surface area (Å²) in [5, 5.41) is 15.6. The van der Waals surface area contributed by atoms with Crippen LogP contribution in [-0.2, 0) is 11.4 Å². The third kappa shape index (κ3) is 10.1. The molecule has 1 fully saturated rings. The fraction of sp³-hybridized carbons (Fsp3) is 0.275. The molecular formula is C40H39F3N4O2. The average molecular weight is 665 g/mol. The SMILES string of the molecule is CCC(=Nc1cccc(C#N)c1)C(/C=C(\C)C(=O)Nc1cccc(C(NCC2CC2)c2ccc(OCc3ccccc3)cc2)c1)C(F)(F)F. The van der Waals surface area contributed by atoms with E-state index < -0.39 is 18.0 Å². The fourth-order valence-electron chi connectivity index (χ4n) is 5.44. The Morgan fingerprint density at radius 3 is 2.39 bits per heavy atom. The molecule has 252 valence electrons. The van der Waals surface area contributed by atoms with Crippen molar-refractivity contribution in [3.05, 3.63) is 137 Å². The normalized spacial score (nSPS) is 14.9. The zero-order chi connectivity index (χ0) is 34.8. The number of benzene rings is 4. The second-order valence-electron chi connectivity index (χ2n) is 12.2. The lowest BCUT2D eigenvalue weighted by atomic mass is 9.96. The number of rotatable bonds is 14. The van der Waals surface area contributed by atoms with E-state index in [4.69, 9.17) is 4.74 Å². The van der Waals surface area contributed by atoms with Crippen LogP contribution in [0.5, 0.6) is 5.75 Å². The van der Waals surface area contributed by atoms with Gasteiger partial charge < -0.3 is 15.4 Å². The summed E-state index contributed by atoms with van der Waals surface area (Å²) in [6, 6.07) is 33.1. The van der Waals surface area contributed by atoms with Gasteiger partial charge >= 0.3 is 6.18 Å². The smallest absolute Gasteiger partial charge is 0.400 e. The molecular weight excluding hydrogens is 625 g/mol. The van der Waals surface area contributed by atoms with E-state index in [0.717, 1.165) is 35.1 Å². The van der Waals surface area contributed by atoms with Gasteiger partial charge in [0.15, 0.2) is 0 Å². The number of nitriles is 1. The number of anilines is 1. The number of nitrogens with one attached hydrogen (secondary N) is 2. The second kappa shape index (κ2) is 16.3. The Hall–Kier alpha value is -5.20. The molecule has 9 heteroatoms. The van der Waals surface area contributed by atoms with Gasteiger partial charge in [-0.25, -0.2) is 0 Å². The van der Waals surface area contributed by atoms with E-state index in [1.807, 2.05) is 78.9 Å². The third-order valence-electron chi connectivity index (χ3n) is 8.34. The quantitative estimate of drug-likeness (QED) is 0.104. The maximum Gasteiger partial charge on any atom is 0.400 e. The van der Waals surface area contributed by atoms with Gasteiger partial charge in [-0.2, -0.15) is 18.4 Å². The minimum absolute atomic E-state index is 0.00375. The number of amides is 1. The van der Waals surface area contributed by atoms with Gasteiger partial charge in [0.25, 0.3) is 5.91 Å². The number of alkyl halides is 3. The first kappa shape index (κ1) is 35.1. The van der Waals surface area contributed by atoms with Crippen LogP contribution in [0.1, 0.15) is 61.4 Å². The molecule has 4 aromatic carbocycles. The van der Waals surface area contributed by atoms with Crippen molar-refractivity contribution in [2.45, 2.75) is 51.9 Å². The molecule has 4 aromatic rings. The van der Waals surface area contributed by atoms with Crippen LogP contribution in [0.2, 0.25) is 0 Å². The maximum absolute atomic E-state index is 14.3. The van der Waals surface area contributed by atoms with Gasteiger partial charge in [-0.15, -0.1) is 0 Å². The molecule has 1 aliphatic rings. The summed E-state index contributed by atoms with van der Waals surface area (Å²) in [4.78, 5) is 17.5. The van der Waals surface area contributed by atoms with Crippen LogP contribution in [0.25, 0.3) is 0 Å². The van der Waals surface area contributed by atoms with E-state index in [1.54, 1.807) is 31.2 Å². The fourth-order valence-corrected chi connectivity index (χ4v) is 5.44. The molecule has 6 nitrogen and oxygen atoms in total. The molecule has 0 aliphatic heterocycles. The van der Waals surface area contributed by atoms with Crippen molar-refractivity contribution >= 4 is 23.0 Å². The Morgan fingerprint density at radius 2 is 1.71 bits per heavy atom. The highest BCUT2D eigenvalue weighted by atomic mass is 19.4. The maximum atomic E-state index is 14.3. The van der Waals surface area contributed by atoms with Crippen molar-refractivity contribution < 1.29 is 22.7 Å². The lowest BCUT2D eigenvalue weighted by molar-refractivity contribution is -0.144. The zero-order valence-corrected chi connectivity index (χ0v) is 27.5. The van der Waals surface area contributed by atoms with Gasteiger partial charge in [0.2, 0.25) is 0 Å². The summed E-state index contributed by atoms with van der Waals surface area (Å²) in [5.74, 6) is -1.34. The van der Waals surface area contributed by atoms with Gasteiger partial charge in [-0.1, -0.05) is 73.7 Å². The first-order valence-electron chi connectivity index (χ1n) is 16.4. The summed E-state index contributed by atoms with van der Waals surface area (Å²) in [6.07, 6.45) is -1.39. The van der Waals surface area contributed by atoms with Crippen molar-refractivity contribution in [1.29, 1.82) is 5.26 Å². The first-order valence-corrected chi connectivity index (χ1v) is 16.4. The van der Waals surface area contributed by atoms with E-state index in [2.05, 4.69) is 15.6 Å². The van der Waals surface area contributed by atoms with Crippen LogP contribution >= 0.6 is 0 Å². The van der Waals surface area contributed by atoms with E-state index in [-0.39, 0.29) is 29.4 Å². The molecule has 0 aromatic heterocycles. The topological polar surface area (TPSA) is 86.5 Å². The molecule has 1 saturated carbocycles. The highest BCUT2D eigenvalue weighted by Crippen LogP contribution is 2.33. The molecule has 0 saturated heterocycles. The van der Waals surface area contributed by atoms with Crippen LogP contribution in [0.15, 0.2) is 120 Å². The monoisotopic (exact) mass is 664 g/mol. The number of carbonyl (C=O) groups excluding carboxylic acids is 1. The molecule has 49 heavy (non-hydrogen) atoms. The van der Waals surface area contributed by atoms with Crippen molar-refractivity contribution in [1.82, 2.24) is 5.32 Å². The minimum atomic E-state index is -4.67. The Kier molecular flexibility index (Phi) is 11.7. The Balaban J connectivity index is 1.33. The predicted molar refractivity (Wildman–Crippen MR) is 187 cm³/mol. The Labute approximate surface area is 285 Å². The molecule has 2 N–H and O–H groups in total. The molecule has 2 unspecified atom stereocenters. The van der Waals surface area contributed by atoms with Gasteiger partial charge in [0.05, 0.1) is 23.4 Å². The lowest BCUT2D eigenvalue weighted by Crippen LogP contribution is -2.30. The summed E-state index contributed by atoms with van der Waals surface area (Å²) in [6.45, 7) is 4.25. The van der Waals surface area contributed by atoms with E-state index in [9.17, 15) is 23.2 Å². The molecule has 0 spiro atoms. The molecule has 2 atom stereocenters. The minimum Gasteiger partial charge on any atom is -0.489 e. The van der Waals surface area contributed by atoms with Gasteiger partial charge in [-0.05, 0) is 97.8 Å². The number of allylic oxidation sites excluding steroid dienone is 1. The summed E-state index contributed by atoms with van der Waals surface area (Å²) in [7, 11) is 0. The first-order chi connectivity index (χ1) is 23.6. The summed E-state index contributed by atoms with van der Waals surface area (Å²) < 4.78 is 48.9. The average Bonchev–Trinajstić information content (AvgIpc) is 3.94. The summed E-state index contributed by atoms with van der Waals surface area (Å²) >= 11 is 0.